The van der Waals surface area contributed by atoms with Gasteiger partial charge in [-0.05, 0) is 25.1 Å². The number of halogens is 3. The molecular weight excluding hydrogens is 241 g/mol. The number of hydrogen-bond donors (Lipinski definition) is 1. The Morgan fingerprint density at radius 1 is 1.28 bits per heavy atom. The molecule has 1 aliphatic heterocycles. The molecule has 1 N–H and O–H groups in total. The van der Waals surface area contributed by atoms with Crippen molar-refractivity contribution >= 4 is 11.5 Å². The van der Waals surface area contributed by atoms with Gasteiger partial charge in [0.15, 0.2) is 0 Å². The molecule has 0 unspecified atom stereocenters. The smallest absolute Gasteiger partial charge is 0.326 e. The Kier molecular flexibility index (Phi) is 3.15. The van der Waals surface area contributed by atoms with E-state index in [1.807, 2.05) is 13.0 Å². The molecule has 96 valence electrons. The molecule has 1 aromatic carbocycles. The van der Waals surface area contributed by atoms with Gasteiger partial charge in [0.2, 0.25) is 0 Å². The summed E-state index contributed by atoms with van der Waals surface area (Å²) >= 11 is 0. The first-order chi connectivity index (χ1) is 8.38. The first-order valence-electron chi connectivity index (χ1n) is 5.56. The van der Waals surface area contributed by atoms with Crippen LogP contribution in [0.4, 0.5) is 18.9 Å². The molecule has 0 amide bonds. The van der Waals surface area contributed by atoms with Crippen LogP contribution in [-0.2, 0) is 6.18 Å². The number of rotatable bonds is 1. The summed E-state index contributed by atoms with van der Waals surface area (Å²) in [6.07, 6.45) is -1.96. The minimum Gasteiger partial charge on any atom is -0.326 e. The van der Waals surface area contributed by atoms with E-state index in [9.17, 15) is 13.2 Å². The normalized spacial score (nSPS) is 16.8. The van der Waals surface area contributed by atoms with Crippen LogP contribution in [0, 0.1) is 5.41 Å². The van der Waals surface area contributed by atoms with E-state index in [1.54, 1.807) is 11.0 Å². The number of benzene rings is 1. The predicted octanol–water partition coefficient (Wildman–Crippen LogP) is 3.84. The number of amidine groups is 1. The van der Waals surface area contributed by atoms with Gasteiger partial charge in [-0.15, -0.1) is 0 Å². The van der Waals surface area contributed by atoms with Crippen molar-refractivity contribution in [2.45, 2.75) is 19.5 Å². The molecule has 0 saturated heterocycles. The minimum absolute atomic E-state index is 0.319. The maximum Gasteiger partial charge on any atom is 0.416 e. The van der Waals surface area contributed by atoms with Gasteiger partial charge >= 0.3 is 6.18 Å². The average Bonchev–Trinajstić information content (AvgIpc) is 2.31. The average molecular weight is 254 g/mol. The second kappa shape index (κ2) is 4.48. The molecule has 2 rings (SSSR count). The monoisotopic (exact) mass is 254 g/mol. The van der Waals surface area contributed by atoms with Crippen molar-refractivity contribution in [3.05, 3.63) is 41.5 Å². The zero-order chi connectivity index (χ0) is 13.3. The minimum atomic E-state index is -4.35. The van der Waals surface area contributed by atoms with E-state index >= 15 is 0 Å². The molecule has 1 aliphatic rings. The van der Waals surface area contributed by atoms with Gasteiger partial charge in [-0.3, -0.25) is 5.41 Å². The highest BCUT2D eigenvalue weighted by molar-refractivity contribution is 5.98. The van der Waals surface area contributed by atoms with Crippen molar-refractivity contribution in [1.82, 2.24) is 0 Å². The standard InChI is InChI=1S/C13H13F3N2/c1-9-5-6-12(17)18(8-9)11-4-2-3-10(7-11)13(14,15)16/h2-5,7,17H,6,8H2,1H3. The molecule has 0 aliphatic carbocycles. The van der Waals surface area contributed by atoms with Gasteiger partial charge in [0.05, 0.1) is 5.56 Å². The summed E-state index contributed by atoms with van der Waals surface area (Å²) in [4.78, 5) is 1.60. The molecular formula is C13H13F3N2. The molecule has 0 radical (unpaired) electrons. The van der Waals surface area contributed by atoms with Crippen molar-refractivity contribution < 1.29 is 13.2 Å². The fourth-order valence-electron chi connectivity index (χ4n) is 1.89. The van der Waals surface area contributed by atoms with Gasteiger partial charge in [-0.2, -0.15) is 13.2 Å². The number of anilines is 1. The Hall–Kier alpha value is -1.78. The fourth-order valence-corrected chi connectivity index (χ4v) is 1.89. The van der Waals surface area contributed by atoms with Crippen molar-refractivity contribution in [3.8, 4) is 0 Å². The summed E-state index contributed by atoms with van der Waals surface area (Å²) in [5.74, 6) is 0.319. The van der Waals surface area contributed by atoms with Crippen LogP contribution >= 0.6 is 0 Å². The highest BCUT2D eigenvalue weighted by atomic mass is 19.4. The molecule has 0 saturated carbocycles. The molecule has 0 bridgehead atoms. The van der Waals surface area contributed by atoms with Crippen molar-refractivity contribution in [2.75, 3.05) is 11.4 Å². The number of hydrogen-bond acceptors (Lipinski definition) is 1. The molecule has 1 aromatic rings. The summed E-state index contributed by atoms with van der Waals surface area (Å²) in [7, 11) is 0. The lowest BCUT2D eigenvalue weighted by Crippen LogP contribution is -2.34. The van der Waals surface area contributed by atoms with Gasteiger partial charge in [-0.1, -0.05) is 17.7 Å². The lowest BCUT2D eigenvalue weighted by molar-refractivity contribution is -0.137. The summed E-state index contributed by atoms with van der Waals surface area (Å²) in [6.45, 7) is 2.38. The molecule has 0 fully saturated rings. The van der Waals surface area contributed by atoms with E-state index in [0.717, 1.165) is 17.7 Å². The van der Waals surface area contributed by atoms with E-state index in [-0.39, 0.29) is 0 Å². The first kappa shape index (κ1) is 12.7. The Balaban J connectivity index is 2.34. The van der Waals surface area contributed by atoms with Crippen LogP contribution < -0.4 is 4.90 Å². The van der Waals surface area contributed by atoms with E-state index in [2.05, 4.69) is 0 Å². The van der Waals surface area contributed by atoms with Crippen LogP contribution in [0.2, 0.25) is 0 Å². The van der Waals surface area contributed by atoms with E-state index in [4.69, 9.17) is 5.41 Å². The van der Waals surface area contributed by atoms with E-state index in [1.165, 1.54) is 6.07 Å². The molecule has 18 heavy (non-hydrogen) atoms. The molecule has 2 nitrogen and oxygen atoms in total. The maximum absolute atomic E-state index is 12.6. The Morgan fingerprint density at radius 3 is 2.67 bits per heavy atom. The Bertz CT molecular complexity index is 503. The second-order valence-corrected chi connectivity index (χ2v) is 4.34. The van der Waals surface area contributed by atoms with Crippen molar-refractivity contribution in [1.29, 1.82) is 5.41 Å². The van der Waals surface area contributed by atoms with Crippen LogP contribution in [0.5, 0.6) is 0 Å². The van der Waals surface area contributed by atoms with E-state index in [0.29, 0.717) is 24.5 Å². The Labute approximate surface area is 103 Å². The Morgan fingerprint density at radius 2 is 2.00 bits per heavy atom. The highest BCUT2D eigenvalue weighted by Gasteiger charge is 2.31. The third-order valence-corrected chi connectivity index (χ3v) is 2.86. The van der Waals surface area contributed by atoms with Gasteiger partial charge < -0.3 is 4.90 Å². The fraction of sp³-hybridized carbons (Fsp3) is 0.308. The number of alkyl halides is 3. The maximum atomic E-state index is 12.6. The highest BCUT2D eigenvalue weighted by Crippen LogP contribution is 2.32. The largest absolute Gasteiger partial charge is 0.416 e. The molecule has 1 heterocycles. The third kappa shape index (κ3) is 2.55. The molecule has 5 heteroatoms. The molecule has 0 atom stereocenters. The third-order valence-electron chi connectivity index (χ3n) is 2.86. The number of nitrogens with one attached hydrogen (secondary N) is 1. The zero-order valence-electron chi connectivity index (χ0n) is 9.88. The van der Waals surface area contributed by atoms with Crippen molar-refractivity contribution in [2.24, 2.45) is 0 Å². The van der Waals surface area contributed by atoms with Gasteiger partial charge in [-0.25, -0.2) is 0 Å². The summed E-state index contributed by atoms with van der Waals surface area (Å²) in [5, 5.41) is 7.80. The quantitative estimate of drug-likeness (QED) is 0.757. The SMILES string of the molecule is CC1=CCC(=N)N(c2cccc(C(F)(F)F)c2)C1. The van der Waals surface area contributed by atoms with Crippen LogP contribution in [-0.4, -0.2) is 12.4 Å². The summed E-state index contributed by atoms with van der Waals surface area (Å²) in [6, 6.07) is 5.11. The van der Waals surface area contributed by atoms with Gasteiger partial charge in [0.1, 0.15) is 5.84 Å². The predicted molar refractivity (Wildman–Crippen MR) is 64.9 cm³/mol. The first-order valence-corrected chi connectivity index (χ1v) is 5.56. The van der Waals surface area contributed by atoms with Gasteiger partial charge in [0, 0.05) is 18.7 Å². The van der Waals surface area contributed by atoms with Crippen LogP contribution in [0.25, 0.3) is 0 Å². The van der Waals surface area contributed by atoms with Crippen LogP contribution in [0.3, 0.4) is 0 Å². The van der Waals surface area contributed by atoms with E-state index < -0.39 is 11.7 Å². The molecule has 0 spiro atoms. The summed E-state index contributed by atoms with van der Waals surface area (Å²) < 4.78 is 37.9. The van der Waals surface area contributed by atoms with Gasteiger partial charge in [0.25, 0.3) is 0 Å². The zero-order valence-corrected chi connectivity index (χ0v) is 9.88. The van der Waals surface area contributed by atoms with Crippen LogP contribution in [0.1, 0.15) is 18.9 Å². The van der Waals surface area contributed by atoms with Crippen molar-refractivity contribution in [3.63, 3.8) is 0 Å². The number of nitrogens with zero attached hydrogens (tertiary/aromatic N) is 1. The summed E-state index contributed by atoms with van der Waals surface area (Å²) in [5.41, 5.74) is 0.797. The lowest BCUT2D eigenvalue weighted by Gasteiger charge is -2.29. The molecule has 0 aromatic heterocycles. The second-order valence-electron chi connectivity index (χ2n) is 4.34. The topological polar surface area (TPSA) is 27.1 Å². The lowest BCUT2D eigenvalue weighted by atomic mass is 10.1. The van der Waals surface area contributed by atoms with Crippen LogP contribution in [0.15, 0.2) is 35.9 Å².